The molecule has 0 atom stereocenters. The second-order valence-corrected chi connectivity index (χ2v) is 8.37. The zero-order chi connectivity index (χ0) is 13.8. The van der Waals surface area contributed by atoms with Gasteiger partial charge in [0.05, 0.1) is 28.3 Å². The molecular weight excluding hydrogens is 276 g/mol. The number of hydrogen-bond acceptors (Lipinski definition) is 6. The summed E-state index contributed by atoms with van der Waals surface area (Å²) < 4.78 is 46.4. The van der Waals surface area contributed by atoms with Crippen molar-refractivity contribution in [1.29, 1.82) is 0 Å². The predicted molar refractivity (Wildman–Crippen MR) is 69.6 cm³/mol. The zero-order valence-corrected chi connectivity index (χ0v) is 11.7. The smallest absolute Gasteiger partial charge is 0.180 e. The lowest BCUT2D eigenvalue weighted by Crippen LogP contribution is -2.15. The number of hydrogen-bond donors (Lipinski definition) is 1. The molecule has 0 spiro atoms. The molecule has 0 amide bonds. The van der Waals surface area contributed by atoms with Gasteiger partial charge in [-0.1, -0.05) is 6.92 Å². The van der Waals surface area contributed by atoms with Crippen molar-refractivity contribution in [2.24, 2.45) is 0 Å². The van der Waals surface area contributed by atoms with E-state index in [4.69, 9.17) is 5.73 Å². The summed E-state index contributed by atoms with van der Waals surface area (Å²) in [4.78, 5) is 3.71. The van der Waals surface area contributed by atoms with Gasteiger partial charge in [0.25, 0.3) is 0 Å². The first-order chi connectivity index (χ1) is 8.28. The summed E-state index contributed by atoms with van der Waals surface area (Å²) in [5, 5.41) is 0. The summed E-state index contributed by atoms with van der Waals surface area (Å²) in [6.07, 6.45) is 2.67. The van der Waals surface area contributed by atoms with E-state index in [0.717, 1.165) is 0 Å². The second-order valence-electron chi connectivity index (χ2n) is 3.82. The SMILES string of the molecule is CCS(=O)(=O)CCCS(=O)(=O)c1ccncc1N. The Morgan fingerprint density at radius 3 is 2.44 bits per heavy atom. The average molecular weight is 292 g/mol. The molecule has 0 aliphatic carbocycles. The highest BCUT2D eigenvalue weighted by Crippen LogP contribution is 2.18. The maximum Gasteiger partial charge on any atom is 0.180 e. The van der Waals surface area contributed by atoms with Gasteiger partial charge in [-0.3, -0.25) is 4.98 Å². The van der Waals surface area contributed by atoms with Crippen LogP contribution in [0.1, 0.15) is 13.3 Å². The minimum absolute atomic E-state index is 0.00592. The van der Waals surface area contributed by atoms with Crippen molar-refractivity contribution in [2.75, 3.05) is 23.0 Å². The van der Waals surface area contributed by atoms with E-state index in [2.05, 4.69) is 4.98 Å². The Hall–Kier alpha value is -1.15. The van der Waals surface area contributed by atoms with Crippen molar-refractivity contribution in [3.05, 3.63) is 18.5 Å². The van der Waals surface area contributed by atoms with Crippen molar-refractivity contribution in [3.8, 4) is 0 Å². The third-order valence-electron chi connectivity index (χ3n) is 2.45. The fraction of sp³-hybridized carbons (Fsp3) is 0.500. The number of anilines is 1. The van der Waals surface area contributed by atoms with Gasteiger partial charge in [-0.25, -0.2) is 16.8 Å². The van der Waals surface area contributed by atoms with Gasteiger partial charge in [0.1, 0.15) is 9.84 Å². The first-order valence-electron chi connectivity index (χ1n) is 5.41. The molecule has 0 saturated carbocycles. The Bertz CT molecular complexity index is 609. The van der Waals surface area contributed by atoms with Crippen LogP contribution in [-0.2, 0) is 19.7 Å². The van der Waals surface area contributed by atoms with Crippen LogP contribution in [0.25, 0.3) is 0 Å². The predicted octanol–water partition coefficient (Wildman–Crippen LogP) is 0.262. The van der Waals surface area contributed by atoms with Crippen molar-refractivity contribution in [2.45, 2.75) is 18.2 Å². The van der Waals surface area contributed by atoms with Crippen LogP contribution < -0.4 is 5.73 Å². The van der Waals surface area contributed by atoms with Crippen LogP contribution in [0.3, 0.4) is 0 Å². The fourth-order valence-corrected chi connectivity index (χ4v) is 3.88. The number of nitrogens with zero attached hydrogens (tertiary/aromatic N) is 1. The Balaban J connectivity index is 2.76. The maximum atomic E-state index is 11.9. The third-order valence-corrected chi connectivity index (χ3v) is 6.11. The molecule has 1 rings (SSSR count). The molecule has 1 heterocycles. The first kappa shape index (κ1) is 14.9. The highest BCUT2D eigenvalue weighted by molar-refractivity contribution is 7.92. The number of rotatable bonds is 6. The van der Waals surface area contributed by atoms with E-state index < -0.39 is 19.7 Å². The summed E-state index contributed by atoms with van der Waals surface area (Å²) in [6.45, 7) is 1.53. The molecule has 0 aliphatic heterocycles. The van der Waals surface area contributed by atoms with Crippen molar-refractivity contribution in [1.82, 2.24) is 4.98 Å². The number of nitrogens with two attached hydrogens (primary N) is 1. The monoisotopic (exact) mass is 292 g/mol. The first-order valence-corrected chi connectivity index (χ1v) is 8.88. The number of aromatic nitrogens is 1. The van der Waals surface area contributed by atoms with Crippen LogP contribution in [0.5, 0.6) is 0 Å². The van der Waals surface area contributed by atoms with Crippen molar-refractivity contribution < 1.29 is 16.8 Å². The summed E-state index contributed by atoms with van der Waals surface area (Å²) >= 11 is 0. The molecule has 2 N–H and O–H groups in total. The summed E-state index contributed by atoms with van der Waals surface area (Å²) in [7, 11) is -6.69. The molecule has 1 aromatic rings. The lowest BCUT2D eigenvalue weighted by atomic mass is 10.4. The highest BCUT2D eigenvalue weighted by Gasteiger charge is 2.18. The zero-order valence-electron chi connectivity index (χ0n) is 10.0. The Morgan fingerprint density at radius 1 is 1.22 bits per heavy atom. The van der Waals surface area contributed by atoms with E-state index in [1.54, 1.807) is 0 Å². The molecule has 0 radical (unpaired) electrons. The van der Waals surface area contributed by atoms with E-state index in [1.807, 2.05) is 0 Å². The van der Waals surface area contributed by atoms with Gasteiger partial charge in [-0.2, -0.15) is 0 Å². The van der Waals surface area contributed by atoms with Crippen molar-refractivity contribution in [3.63, 3.8) is 0 Å². The third kappa shape index (κ3) is 3.95. The Morgan fingerprint density at radius 2 is 1.89 bits per heavy atom. The number of pyridine rings is 1. The molecule has 18 heavy (non-hydrogen) atoms. The molecule has 0 unspecified atom stereocenters. The van der Waals surface area contributed by atoms with Gasteiger partial charge in [-0.05, 0) is 12.5 Å². The lowest BCUT2D eigenvalue weighted by Gasteiger charge is -2.06. The van der Waals surface area contributed by atoms with Crippen molar-refractivity contribution >= 4 is 25.4 Å². The van der Waals surface area contributed by atoms with Crippen LogP contribution in [0.15, 0.2) is 23.4 Å². The van der Waals surface area contributed by atoms with Gasteiger partial charge in [0.15, 0.2) is 9.84 Å². The van der Waals surface area contributed by atoms with E-state index in [1.165, 1.54) is 25.4 Å². The number of sulfone groups is 2. The largest absolute Gasteiger partial charge is 0.396 e. The van der Waals surface area contributed by atoms with E-state index >= 15 is 0 Å². The molecule has 8 heteroatoms. The van der Waals surface area contributed by atoms with Crippen LogP contribution >= 0.6 is 0 Å². The molecule has 0 aliphatic rings. The minimum atomic E-state index is -3.55. The van der Waals surface area contributed by atoms with E-state index in [9.17, 15) is 16.8 Å². The Kier molecular flexibility index (Phi) is 4.69. The van der Waals surface area contributed by atoms with Gasteiger partial charge in [0.2, 0.25) is 0 Å². The molecular formula is C10H16N2O4S2. The van der Waals surface area contributed by atoms with Crippen LogP contribution in [0.2, 0.25) is 0 Å². The van der Waals surface area contributed by atoms with Crippen LogP contribution in [0, 0.1) is 0 Å². The average Bonchev–Trinajstić information content (AvgIpc) is 2.29. The van der Waals surface area contributed by atoms with Gasteiger partial charge in [-0.15, -0.1) is 0 Å². The molecule has 0 bridgehead atoms. The topological polar surface area (TPSA) is 107 Å². The normalized spacial score (nSPS) is 12.5. The molecule has 0 fully saturated rings. The summed E-state index contributed by atoms with van der Waals surface area (Å²) in [6, 6.07) is 1.32. The Labute approximate surface area is 107 Å². The molecule has 0 aromatic carbocycles. The molecule has 6 nitrogen and oxygen atoms in total. The van der Waals surface area contributed by atoms with Crippen LogP contribution in [-0.4, -0.2) is 39.1 Å². The standard InChI is InChI=1S/C10H16N2O4S2/c1-2-17(13,14)6-3-7-18(15,16)10-4-5-12-8-9(10)11/h4-5,8H,2-3,6-7,11H2,1H3. The van der Waals surface area contributed by atoms with Gasteiger partial charge >= 0.3 is 0 Å². The lowest BCUT2D eigenvalue weighted by molar-refractivity contribution is 0.590. The minimum Gasteiger partial charge on any atom is -0.396 e. The quantitative estimate of drug-likeness (QED) is 0.806. The highest BCUT2D eigenvalue weighted by atomic mass is 32.2. The second kappa shape index (κ2) is 5.66. The van der Waals surface area contributed by atoms with E-state index in [0.29, 0.717) is 0 Å². The van der Waals surface area contributed by atoms with Crippen LogP contribution in [0.4, 0.5) is 5.69 Å². The molecule has 102 valence electrons. The van der Waals surface area contributed by atoms with Gasteiger partial charge < -0.3 is 5.73 Å². The summed E-state index contributed by atoms with van der Waals surface area (Å²) in [5.41, 5.74) is 5.61. The number of nitrogen functional groups attached to an aromatic ring is 1. The maximum absolute atomic E-state index is 11.9. The fourth-order valence-electron chi connectivity index (χ4n) is 1.40. The molecule has 1 aromatic heterocycles. The van der Waals surface area contributed by atoms with E-state index in [-0.39, 0.29) is 34.3 Å². The summed E-state index contributed by atoms with van der Waals surface area (Å²) in [5.74, 6) is -0.349. The van der Waals surface area contributed by atoms with Gasteiger partial charge in [0, 0.05) is 11.9 Å². The molecule has 0 saturated heterocycles.